The molecule has 2 aromatic carbocycles. The average molecular weight is 337 g/mol. The van der Waals surface area contributed by atoms with Gasteiger partial charge in [-0.05, 0) is 35.7 Å². The molecule has 0 aliphatic carbocycles. The number of likely N-dealkylation sites (tertiary alicyclic amines) is 1. The van der Waals surface area contributed by atoms with Gasteiger partial charge in [-0.1, -0.05) is 30.3 Å². The Morgan fingerprint density at radius 2 is 1.84 bits per heavy atom. The van der Waals surface area contributed by atoms with Gasteiger partial charge < -0.3 is 14.1 Å². The minimum atomic E-state index is -0.192. The first-order chi connectivity index (χ1) is 12.2. The van der Waals surface area contributed by atoms with Crippen LogP contribution in [0.15, 0.2) is 46.9 Å². The molecular weight excluding hydrogens is 318 g/mol. The number of piperidine rings is 1. The van der Waals surface area contributed by atoms with Crippen LogP contribution < -0.4 is 0 Å². The van der Waals surface area contributed by atoms with Crippen LogP contribution in [0.25, 0.3) is 21.7 Å². The number of fused-ring (bicyclic) bond motifs is 3. The van der Waals surface area contributed by atoms with Gasteiger partial charge in [0.1, 0.15) is 5.58 Å². The number of rotatable bonds is 2. The molecule has 3 aromatic rings. The number of hydrogen-bond donors (Lipinski definition) is 0. The Balaban J connectivity index is 1.59. The highest BCUT2D eigenvalue weighted by atomic mass is 16.5. The molecule has 0 saturated carbocycles. The van der Waals surface area contributed by atoms with Gasteiger partial charge in [-0.25, -0.2) is 0 Å². The van der Waals surface area contributed by atoms with Gasteiger partial charge in [0.25, 0.3) is 5.91 Å². The Labute approximate surface area is 145 Å². The highest BCUT2D eigenvalue weighted by molar-refractivity contribution is 6.08. The third-order valence-corrected chi connectivity index (χ3v) is 4.95. The third-order valence-electron chi connectivity index (χ3n) is 4.95. The van der Waals surface area contributed by atoms with Crippen LogP contribution in [0.5, 0.6) is 0 Å². The summed E-state index contributed by atoms with van der Waals surface area (Å²) in [7, 11) is 1.40. The summed E-state index contributed by atoms with van der Waals surface area (Å²) >= 11 is 0. The number of furan rings is 1. The number of esters is 1. The number of methoxy groups -OCH3 is 1. The topological polar surface area (TPSA) is 59.8 Å². The van der Waals surface area contributed by atoms with Gasteiger partial charge in [-0.2, -0.15) is 0 Å². The van der Waals surface area contributed by atoms with E-state index in [9.17, 15) is 9.59 Å². The first kappa shape index (κ1) is 15.7. The Morgan fingerprint density at radius 1 is 1.08 bits per heavy atom. The van der Waals surface area contributed by atoms with E-state index < -0.39 is 0 Å². The summed E-state index contributed by atoms with van der Waals surface area (Å²) in [4.78, 5) is 26.1. The van der Waals surface area contributed by atoms with Crippen LogP contribution in [0, 0.1) is 5.92 Å². The van der Waals surface area contributed by atoms with E-state index in [1.54, 1.807) is 4.90 Å². The van der Waals surface area contributed by atoms with Crippen LogP contribution in [-0.2, 0) is 9.53 Å². The molecule has 1 aliphatic rings. The predicted molar refractivity (Wildman–Crippen MR) is 94.4 cm³/mol. The summed E-state index contributed by atoms with van der Waals surface area (Å²) < 4.78 is 10.6. The Kier molecular flexibility index (Phi) is 3.92. The lowest BCUT2D eigenvalue weighted by Crippen LogP contribution is -2.40. The van der Waals surface area contributed by atoms with Crippen molar-refractivity contribution in [2.45, 2.75) is 12.8 Å². The fraction of sp³-hybridized carbons (Fsp3) is 0.300. The second-order valence-corrected chi connectivity index (χ2v) is 6.40. The zero-order chi connectivity index (χ0) is 17.4. The second kappa shape index (κ2) is 6.24. The molecule has 5 nitrogen and oxygen atoms in total. The molecule has 0 radical (unpaired) electrons. The standard InChI is InChI=1S/C20H19NO4/c1-24-20(23)14-8-10-21(11-9-14)19(22)18-12-16-15-5-3-2-4-13(15)6-7-17(16)25-18/h2-7,12,14H,8-11H2,1H3. The molecule has 1 aliphatic heterocycles. The van der Waals surface area contributed by atoms with Gasteiger partial charge >= 0.3 is 5.97 Å². The Hall–Kier alpha value is -2.82. The van der Waals surface area contributed by atoms with Crippen LogP contribution in [0.1, 0.15) is 23.4 Å². The summed E-state index contributed by atoms with van der Waals surface area (Å²) in [6.07, 6.45) is 1.25. The normalized spacial score (nSPS) is 15.6. The van der Waals surface area contributed by atoms with Gasteiger partial charge in [0.2, 0.25) is 0 Å². The van der Waals surface area contributed by atoms with Crippen LogP contribution in [0.2, 0.25) is 0 Å². The molecule has 1 fully saturated rings. The van der Waals surface area contributed by atoms with Crippen molar-refractivity contribution in [3.8, 4) is 0 Å². The number of nitrogens with zero attached hydrogens (tertiary/aromatic N) is 1. The van der Waals surface area contributed by atoms with Crippen LogP contribution >= 0.6 is 0 Å². The molecule has 1 amide bonds. The summed E-state index contributed by atoms with van der Waals surface area (Å²) in [5.41, 5.74) is 0.714. The number of ether oxygens (including phenoxy) is 1. The summed E-state index contributed by atoms with van der Waals surface area (Å²) in [5.74, 6) is -0.0811. The third kappa shape index (κ3) is 2.76. The summed E-state index contributed by atoms with van der Waals surface area (Å²) in [6, 6.07) is 13.8. The van der Waals surface area contributed by atoms with Crippen molar-refractivity contribution in [1.29, 1.82) is 0 Å². The quantitative estimate of drug-likeness (QED) is 0.670. The fourth-order valence-electron chi connectivity index (χ4n) is 3.54. The van der Waals surface area contributed by atoms with Crippen molar-refractivity contribution in [1.82, 2.24) is 4.90 Å². The van der Waals surface area contributed by atoms with E-state index in [2.05, 4.69) is 0 Å². The smallest absolute Gasteiger partial charge is 0.308 e. The lowest BCUT2D eigenvalue weighted by molar-refractivity contribution is -0.146. The summed E-state index contributed by atoms with van der Waals surface area (Å²) in [6.45, 7) is 1.08. The predicted octanol–water partition coefficient (Wildman–Crippen LogP) is 3.61. The second-order valence-electron chi connectivity index (χ2n) is 6.40. The molecule has 0 bridgehead atoms. The molecule has 0 atom stereocenters. The van der Waals surface area contributed by atoms with E-state index in [1.165, 1.54) is 7.11 Å². The molecule has 0 unspecified atom stereocenters. The van der Waals surface area contributed by atoms with Gasteiger partial charge in [0, 0.05) is 18.5 Å². The van der Waals surface area contributed by atoms with Crippen molar-refractivity contribution >= 4 is 33.6 Å². The van der Waals surface area contributed by atoms with Gasteiger partial charge in [-0.3, -0.25) is 9.59 Å². The molecule has 0 N–H and O–H groups in total. The lowest BCUT2D eigenvalue weighted by atomic mass is 9.97. The molecule has 25 heavy (non-hydrogen) atoms. The SMILES string of the molecule is COC(=O)C1CCN(C(=O)c2cc3c(ccc4ccccc43)o2)CC1. The van der Waals surface area contributed by atoms with Crippen LogP contribution in [0.3, 0.4) is 0 Å². The number of amides is 1. The van der Waals surface area contributed by atoms with Crippen molar-refractivity contribution in [3.05, 3.63) is 48.2 Å². The maximum atomic E-state index is 12.8. The Bertz CT molecular complexity index is 951. The van der Waals surface area contributed by atoms with E-state index in [1.807, 2.05) is 42.5 Å². The maximum Gasteiger partial charge on any atom is 0.308 e. The van der Waals surface area contributed by atoms with Crippen molar-refractivity contribution in [2.24, 2.45) is 5.92 Å². The molecular formula is C20H19NO4. The molecule has 0 spiro atoms. The fourth-order valence-corrected chi connectivity index (χ4v) is 3.54. The zero-order valence-electron chi connectivity index (χ0n) is 14.0. The minimum absolute atomic E-state index is 0.117. The molecule has 5 heteroatoms. The van der Waals surface area contributed by atoms with Crippen molar-refractivity contribution < 1.29 is 18.7 Å². The zero-order valence-corrected chi connectivity index (χ0v) is 14.0. The van der Waals surface area contributed by atoms with Gasteiger partial charge in [0.15, 0.2) is 5.76 Å². The highest BCUT2D eigenvalue weighted by Gasteiger charge is 2.29. The number of carbonyl (C=O) groups is 2. The van der Waals surface area contributed by atoms with E-state index >= 15 is 0 Å². The lowest BCUT2D eigenvalue weighted by Gasteiger charge is -2.29. The molecule has 2 heterocycles. The Morgan fingerprint density at radius 3 is 2.60 bits per heavy atom. The minimum Gasteiger partial charge on any atom is -0.469 e. The monoisotopic (exact) mass is 337 g/mol. The molecule has 1 aromatic heterocycles. The molecule has 128 valence electrons. The van der Waals surface area contributed by atoms with Gasteiger partial charge in [0.05, 0.1) is 13.0 Å². The van der Waals surface area contributed by atoms with Crippen molar-refractivity contribution in [2.75, 3.05) is 20.2 Å². The first-order valence-corrected chi connectivity index (χ1v) is 8.46. The highest BCUT2D eigenvalue weighted by Crippen LogP contribution is 2.29. The van der Waals surface area contributed by atoms with E-state index in [4.69, 9.17) is 9.15 Å². The van der Waals surface area contributed by atoms with E-state index in [0.29, 0.717) is 37.3 Å². The average Bonchev–Trinajstić information content (AvgIpc) is 3.11. The molecule has 1 saturated heterocycles. The molecule has 4 rings (SSSR count). The number of carbonyl (C=O) groups excluding carboxylic acids is 2. The van der Waals surface area contributed by atoms with Gasteiger partial charge in [-0.15, -0.1) is 0 Å². The van der Waals surface area contributed by atoms with E-state index in [0.717, 1.165) is 16.2 Å². The summed E-state index contributed by atoms with van der Waals surface area (Å²) in [5, 5.41) is 3.15. The number of benzene rings is 2. The maximum absolute atomic E-state index is 12.8. The van der Waals surface area contributed by atoms with E-state index in [-0.39, 0.29) is 17.8 Å². The largest absolute Gasteiger partial charge is 0.469 e. The first-order valence-electron chi connectivity index (χ1n) is 8.46. The van der Waals surface area contributed by atoms with Crippen LogP contribution in [0.4, 0.5) is 0 Å². The van der Waals surface area contributed by atoms with Crippen molar-refractivity contribution in [3.63, 3.8) is 0 Å². The van der Waals surface area contributed by atoms with Crippen LogP contribution in [-0.4, -0.2) is 37.0 Å². The number of hydrogen-bond acceptors (Lipinski definition) is 4.